The van der Waals surface area contributed by atoms with Gasteiger partial charge in [0.05, 0.1) is 0 Å². The Morgan fingerprint density at radius 3 is 2.77 bits per heavy atom. The van der Waals surface area contributed by atoms with Crippen LogP contribution >= 0.6 is 45.2 Å². The Labute approximate surface area is 105 Å². The second kappa shape index (κ2) is 4.25. The smallest absolute Gasteiger partial charge is 0.0432 e. The van der Waals surface area contributed by atoms with Crippen LogP contribution in [0.15, 0.2) is 23.2 Å². The maximum Gasteiger partial charge on any atom is 0.0432 e. The highest BCUT2D eigenvalue weighted by Gasteiger charge is 2.11. The molecule has 68 valence electrons. The predicted molar refractivity (Wildman–Crippen MR) is 72.5 cm³/mol. The van der Waals surface area contributed by atoms with Crippen molar-refractivity contribution < 1.29 is 0 Å². The molecule has 3 heteroatoms. The molecule has 2 rings (SSSR count). The van der Waals surface area contributed by atoms with Gasteiger partial charge in [-0.05, 0) is 76.2 Å². The quantitative estimate of drug-likeness (QED) is 0.644. The predicted octanol–water partition coefficient (Wildman–Crippen LogP) is 3.48. The van der Waals surface area contributed by atoms with Gasteiger partial charge in [-0.15, -0.1) is 0 Å². The Balaban J connectivity index is 2.43. The van der Waals surface area contributed by atoms with Gasteiger partial charge in [0.15, 0.2) is 0 Å². The van der Waals surface area contributed by atoms with Crippen LogP contribution in [0.4, 0.5) is 0 Å². The molecule has 13 heavy (non-hydrogen) atoms. The van der Waals surface area contributed by atoms with E-state index in [9.17, 15) is 0 Å². The average molecular weight is 397 g/mol. The van der Waals surface area contributed by atoms with Gasteiger partial charge in [0.1, 0.15) is 0 Å². The third-order valence-corrected chi connectivity index (χ3v) is 3.73. The van der Waals surface area contributed by atoms with Gasteiger partial charge in [-0.1, -0.05) is 0 Å². The third kappa shape index (κ3) is 2.23. The van der Waals surface area contributed by atoms with Gasteiger partial charge in [-0.25, -0.2) is 0 Å². The molecule has 1 aromatic carbocycles. The maximum absolute atomic E-state index is 4.52. The molecule has 0 amide bonds. The van der Waals surface area contributed by atoms with Gasteiger partial charge in [0.2, 0.25) is 0 Å². The first-order valence-electron chi connectivity index (χ1n) is 4.26. The molecule has 1 heterocycles. The lowest BCUT2D eigenvalue weighted by atomic mass is 10.1. The Morgan fingerprint density at radius 1 is 1.23 bits per heavy atom. The fraction of sp³-hybridized carbons (Fsp3) is 0.300. The van der Waals surface area contributed by atoms with E-state index in [0.29, 0.717) is 0 Å². The first-order chi connectivity index (χ1) is 6.27. The van der Waals surface area contributed by atoms with Gasteiger partial charge >= 0.3 is 0 Å². The average Bonchev–Trinajstić information content (AvgIpc) is 2.61. The van der Waals surface area contributed by atoms with Crippen LogP contribution in [0.1, 0.15) is 18.4 Å². The molecule has 0 saturated heterocycles. The van der Waals surface area contributed by atoms with Crippen molar-refractivity contribution in [2.24, 2.45) is 4.99 Å². The maximum atomic E-state index is 4.52. The fourth-order valence-electron chi connectivity index (χ4n) is 1.48. The van der Waals surface area contributed by atoms with E-state index >= 15 is 0 Å². The molecule has 1 aliphatic rings. The normalized spacial score (nSPS) is 16.0. The molecule has 0 spiro atoms. The molecular formula is C10H9I2N. The van der Waals surface area contributed by atoms with Crippen LogP contribution < -0.4 is 0 Å². The lowest BCUT2D eigenvalue weighted by molar-refractivity contribution is 0.951. The first kappa shape index (κ1) is 9.89. The van der Waals surface area contributed by atoms with E-state index in [1.54, 1.807) is 0 Å². The van der Waals surface area contributed by atoms with E-state index in [1.165, 1.54) is 24.8 Å². The fourth-order valence-corrected chi connectivity index (χ4v) is 2.62. The lowest BCUT2D eigenvalue weighted by Gasteiger charge is -2.04. The van der Waals surface area contributed by atoms with Crippen molar-refractivity contribution in [2.45, 2.75) is 12.8 Å². The number of halogens is 2. The van der Waals surface area contributed by atoms with Gasteiger partial charge in [0.25, 0.3) is 0 Å². The van der Waals surface area contributed by atoms with Crippen molar-refractivity contribution in [3.05, 3.63) is 30.9 Å². The molecule has 1 aliphatic heterocycles. The van der Waals surface area contributed by atoms with E-state index in [0.717, 1.165) is 13.0 Å². The minimum Gasteiger partial charge on any atom is -0.289 e. The molecule has 0 fully saturated rings. The van der Waals surface area contributed by atoms with Crippen molar-refractivity contribution in [2.75, 3.05) is 6.54 Å². The molecule has 1 aromatic rings. The van der Waals surface area contributed by atoms with Crippen LogP contribution in [-0.2, 0) is 0 Å². The number of hydrogen-bond acceptors (Lipinski definition) is 1. The van der Waals surface area contributed by atoms with Crippen molar-refractivity contribution in [3.63, 3.8) is 0 Å². The summed E-state index contributed by atoms with van der Waals surface area (Å²) in [7, 11) is 0. The Morgan fingerprint density at radius 2 is 2.08 bits per heavy atom. The third-order valence-electron chi connectivity index (χ3n) is 2.11. The second-order valence-corrected chi connectivity index (χ2v) is 5.46. The summed E-state index contributed by atoms with van der Waals surface area (Å²) in [6.07, 6.45) is 2.37. The minimum atomic E-state index is 1.01. The van der Waals surface area contributed by atoms with Crippen LogP contribution in [-0.4, -0.2) is 12.3 Å². The second-order valence-electron chi connectivity index (χ2n) is 3.06. The Bertz CT molecular complexity index is 358. The van der Waals surface area contributed by atoms with Crippen LogP contribution in [0.3, 0.4) is 0 Å². The monoisotopic (exact) mass is 397 g/mol. The number of rotatable bonds is 1. The molecular weight excluding hydrogens is 388 g/mol. The summed E-state index contributed by atoms with van der Waals surface area (Å²) < 4.78 is 2.61. The summed E-state index contributed by atoms with van der Waals surface area (Å²) in [5.41, 5.74) is 2.63. The Kier molecular flexibility index (Phi) is 3.23. The van der Waals surface area contributed by atoms with E-state index < -0.39 is 0 Å². The molecule has 0 bridgehead atoms. The summed E-state index contributed by atoms with van der Waals surface area (Å²) in [6.45, 7) is 1.01. The highest BCUT2D eigenvalue weighted by atomic mass is 127. The molecule has 0 saturated carbocycles. The van der Waals surface area contributed by atoms with Crippen molar-refractivity contribution in [1.82, 2.24) is 0 Å². The number of aliphatic imine (C=N–C) groups is 1. The van der Waals surface area contributed by atoms with Crippen molar-refractivity contribution in [3.8, 4) is 0 Å². The molecule has 0 aliphatic carbocycles. The standard InChI is InChI=1S/C10H9I2N/c11-7-3-4-9(12)8(6-7)10-2-1-5-13-10/h3-4,6H,1-2,5H2. The minimum absolute atomic E-state index is 1.01. The van der Waals surface area contributed by atoms with Gasteiger partial charge in [0, 0.05) is 25.0 Å². The molecule has 0 unspecified atom stereocenters. The van der Waals surface area contributed by atoms with Crippen LogP contribution in [0.5, 0.6) is 0 Å². The van der Waals surface area contributed by atoms with Crippen LogP contribution in [0.2, 0.25) is 0 Å². The number of hydrogen-bond donors (Lipinski definition) is 0. The first-order valence-corrected chi connectivity index (χ1v) is 6.42. The van der Waals surface area contributed by atoms with E-state index in [-0.39, 0.29) is 0 Å². The largest absolute Gasteiger partial charge is 0.289 e. The molecule has 1 nitrogen and oxygen atoms in total. The van der Waals surface area contributed by atoms with Gasteiger partial charge in [-0.2, -0.15) is 0 Å². The SMILES string of the molecule is Ic1ccc(I)c(C2=NCCC2)c1. The zero-order chi connectivity index (χ0) is 9.26. The van der Waals surface area contributed by atoms with Crippen LogP contribution in [0, 0.1) is 7.14 Å². The number of benzene rings is 1. The van der Waals surface area contributed by atoms with Crippen molar-refractivity contribution in [1.29, 1.82) is 0 Å². The zero-order valence-electron chi connectivity index (χ0n) is 7.06. The zero-order valence-corrected chi connectivity index (χ0v) is 11.4. The Hall–Kier alpha value is 0.350. The van der Waals surface area contributed by atoms with Crippen LogP contribution in [0.25, 0.3) is 0 Å². The summed E-state index contributed by atoms with van der Waals surface area (Å²) in [4.78, 5) is 4.52. The van der Waals surface area contributed by atoms with Gasteiger partial charge in [-0.3, -0.25) is 4.99 Å². The van der Waals surface area contributed by atoms with Crippen molar-refractivity contribution >= 4 is 50.9 Å². The molecule has 0 N–H and O–H groups in total. The van der Waals surface area contributed by atoms with E-state index in [2.05, 4.69) is 68.4 Å². The highest BCUT2D eigenvalue weighted by molar-refractivity contribution is 14.1. The highest BCUT2D eigenvalue weighted by Crippen LogP contribution is 2.21. The topological polar surface area (TPSA) is 12.4 Å². The molecule has 0 radical (unpaired) electrons. The molecule has 0 atom stereocenters. The lowest BCUT2D eigenvalue weighted by Crippen LogP contribution is -1.99. The summed E-state index contributed by atoms with van der Waals surface area (Å²) >= 11 is 4.73. The van der Waals surface area contributed by atoms with Gasteiger partial charge < -0.3 is 0 Å². The summed E-state index contributed by atoms with van der Waals surface area (Å²) in [5, 5.41) is 0. The van der Waals surface area contributed by atoms with E-state index in [4.69, 9.17) is 0 Å². The summed E-state index contributed by atoms with van der Waals surface area (Å²) in [5.74, 6) is 0. The summed E-state index contributed by atoms with van der Waals surface area (Å²) in [6, 6.07) is 6.53. The molecule has 0 aromatic heterocycles. The van der Waals surface area contributed by atoms with E-state index in [1.807, 2.05) is 0 Å². The number of nitrogens with zero attached hydrogens (tertiary/aromatic N) is 1.